The molecule has 1 spiro atoms. The van der Waals surface area contributed by atoms with Crippen molar-refractivity contribution in [3.63, 3.8) is 0 Å². The zero-order chi connectivity index (χ0) is 10.5. The highest BCUT2D eigenvalue weighted by molar-refractivity contribution is 5.75. The lowest BCUT2D eigenvalue weighted by molar-refractivity contribution is 0.111. The van der Waals surface area contributed by atoms with E-state index in [1.54, 1.807) is 6.07 Å². The number of carbonyl (C=O) groups excluding carboxylic acids is 1. The van der Waals surface area contributed by atoms with E-state index >= 15 is 0 Å². The first-order valence-corrected chi connectivity index (χ1v) is 5.09. The quantitative estimate of drug-likeness (QED) is 0.544. The molecule has 2 heterocycles. The van der Waals surface area contributed by atoms with Crippen LogP contribution in [-0.4, -0.2) is 24.4 Å². The molecule has 1 aliphatic heterocycles. The van der Waals surface area contributed by atoms with Crippen molar-refractivity contribution in [1.29, 1.82) is 0 Å². The van der Waals surface area contributed by atoms with Crippen LogP contribution in [0.15, 0.2) is 12.1 Å². The maximum atomic E-state index is 13.2. The Kier molecular flexibility index (Phi) is 1.63. The van der Waals surface area contributed by atoms with Gasteiger partial charge in [0.1, 0.15) is 5.82 Å². The Hall–Kier alpha value is -1.45. The van der Waals surface area contributed by atoms with Gasteiger partial charge in [-0.3, -0.25) is 4.79 Å². The van der Waals surface area contributed by atoms with Gasteiger partial charge in [0, 0.05) is 18.5 Å². The third kappa shape index (κ3) is 1.32. The lowest BCUT2D eigenvalue weighted by Gasteiger charge is -2.40. The van der Waals surface area contributed by atoms with E-state index < -0.39 is 5.95 Å². The Balaban J connectivity index is 1.81. The molecule has 0 aromatic carbocycles. The van der Waals surface area contributed by atoms with Crippen molar-refractivity contribution in [2.75, 3.05) is 18.0 Å². The van der Waals surface area contributed by atoms with Crippen molar-refractivity contribution in [1.82, 2.24) is 4.98 Å². The van der Waals surface area contributed by atoms with Gasteiger partial charge >= 0.3 is 0 Å². The van der Waals surface area contributed by atoms with Crippen LogP contribution in [-0.2, 0) is 0 Å². The standard InChI is InChI=1S/C11H11FN2O/c12-10-8(5-15)1-2-9(13-10)14-6-11(7-14)3-4-11/h1-2,5H,3-4,6-7H2. The van der Waals surface area contributed by atoms with E-state index in [1.807, 2.05) is 0 Å². The van der Waals surface area contributed by atoms with E-state index in [1.165, 1.54) is 18.9 Å². The second kappa shape index (κ2) is 2.78. The van der Waals surface area contributed by atoms with Crippen molar-refractivity contribution in [3.05, 3.63) is 23.6 Å². The van der Waals surface area contributed by atoms with Crippen molar-refractivity contribution < 1.29 is 9.18 Å². The first kappa shape index (κ1) is 8.83. The second-order valence-corrected chi connectivity index (χ2v) is 4.52. The number of carbonyl (C=O) groups is 1. The summed E-state index contributed by atoms with van der Waals surface area (Å²) in [4.78, 5) is 16.3. The average Bonchev–Trinajstić information content (AvgIpc) is 2.95. The molecule has 0 unspecified atom stereocenters. The molecule has 1 aromatic rings. The number of aldehydes is 1. The number of anilines is 1. The number of nitrogens with zero attached hydrogens (tertiary/aromatic N) is 2. The Morgan fingerprint density at radius 2 is 2.13 bits per heavy atom. The second-order valence-electron chi connectivity index (χ2n) is 4.52. The van der Waals surface area contributed by atoms with Crippen molar-refractivity contribution in [3.8, 4) is 0 Å². The Morgan fingerprint density at radius 3 is 2.67 bits per heavy atom. The van der Waals surface area contributed by atoms with E-state index in [0.29, 0.717) is 17.5 Å². The fourth-order valence-electron chi connectivity index (χ4n) is 2.12. The van der Waals surface area contributed by atoms with Crippen LogP contribution < -0.4 is 4.90 Å². The minimum atomic E-state index is -0.667. The van der Waals surface area contributed by atoms with E-state index in [0.717, 1.165) is 13.1 Å². The molecule has 0 amide bonds. The summed E-state index contributed by atoms with van der Waals surface area (Å²) in [5.41, 5.74) is 0.557. The molecular weight excluding hydrogens is 195 g/mol. The first-order chi connectivity index (χ1) is 7.22. The maximum Gasteiger partial charge on any atom is 0.225 e. The molecule has 1 aromatic heterocycles. The molecule has 4 heteroatoms. The highest BCUT2D eigenvalue weighted by Gasteiger charge is 2.52. The third-order valence-corrected chi connectivity index (χ3v) is 3.32. The molecule has 2 aliphatic rings. The van der Waals surface area contributed by atoms with Crippen molar-refractivity contribution >= 4 is 12.1 Å². The minimum Gasteiger partial charge on any atom is -0.355 e. The van der Waals surface area contributed by atoms with Crippen molar-refractivity contribution in [2.45, 2.75) is 12.8 Å². The zero-order valence-corrected chi connectivity index (χ0v) is 8.24. The van der Waals surface area contributed by atoms with Gasteiger partial charge in [-0.1, -0.05) is 0 Å². The topological polar surface area (TPSA) is 33.2 Å². The fourth-order valence-corrected chi connectivity index (χ4v) is 2.12. The summed E-state index contributed by atoms with van der Waals surface area (Å²) in [6, 6.07) is 3.20. The normalized spacial score (nSPS) is 21.3. The van der Waals surface area contributed by atoms with Gasteiger partial charge in [0.2, 0.25) is 5.95 Å². The molecule has 0 atom stereocenters. The Labute approximate surface area is 86.9 Å². The summed E-state index contributed by atoms with van der Waals surface area (Å²) >= 11 is 0. The fraction of sp³-hybridized carbons (Fsp3) is 0.455. The van der Waals surface area contributed by atoms with Gasteiger partial charge in [0.05, 0.1) is 5.56 Å². The highest BCUT2D eigenvalue weighted by atomic mass is 19.1. The van der Waals surface area contributed by atoms with Gasteiger partial charge < -0.3 is 4.90 Å². The molecule has 0 radical (unpaired) electrons. The molecule has 3 nitrogen and oxygen atoms in total. The average molecular weight is 206 g/mol. The molecule has 1 aliphatic carbocycles. The van der Waals surface area contributed by atoms with Crippen LogP contribution in [0.25, 0.3) is 0 Å². The molecule has 0 N–H and O–H groups in total. The molecule has 3 rings (SSSR count). The van der Waals surface area contributed by atoms with E-state index in [9.17, 15) is 9.18 Å². The van der Waals surface area contributed by atoms with Crippen LogP contribution in [0.3, 0.4) is 0 Å². The number of hydrogen-bond acceptors (Lipinski definition) is 3. The molecule has 15 heavy (non-hydrogen) atoms. The minimum absolute atomic E-state index is 0.0282. The predicted octanol–water partition coefficient (Wildman–Crippen LogP) is 1.63. The number of aromatic nitrogens is 1. The number of halogens is 1. The number of rotatable bonds is 2. The maximum absolute atomic E-state index is 13.2. The van der Waals surface area contributed by atoms with Gasteiger partial charge in [0.15, 0.2) is 6.29 Å². The molecule has 2 fully saturated rings. The zero-order valence-electron chi connectivity index (χ0n) is 8.24. The van der Waals surface area contributed by atoms with E-state index in [2.05, 4.69) is 9.88 Å². The summed E-state index contributed by atoms with van der Waals surface area (Å²) in [7, 11) is 0. The SMILES string of the molecule is O=Cc1ccc(N2CC3(CC3)C2)nc1F. The van der Waals surface area contributed by atoms with Crippen LogP contribution in [0.5, 0.6) is 0 Å². The summed E-state index contributed by atoms with van der Waals surface area (Å²) in [5, 5.41) is 0. The number of hydrogen-bond donors (Lipinski definition) is 0. The predicted molar refractivity (Wildman–Crippen MR) is 53.5 cm³/mol. The largest absolute Gasteiger partial charge is 0.355 e. The third-order valence-electron chi connectivity index (χ3n) is 3.32. The molecule has 1 saturated heterocycles. The monoisotopic (exact) mass is 206 g/mol. The molecule has 78 valence electrons. The number of pyridine rings is 1. The van der Waals surface area contributed by atoms with Crippen molar-refractivity contribution in [2.24, 2.45) is 5.41 Å². The summed E-state index contributed by atoms with van der Waals surface area (Å²) < 4.78 is 13.2. The summed E-state index contributed by atoms with van der Waals surface area (Å²) in [5.74, 6) is -0.0186. The van der Waals surface area contributed by atoms with Gasteiger partial charge in [0.25, 0.3) is 0 Å². The lowest BCUT2D eigenvalue weighted by atomic mass is 9.97. The summed E-state index contributed by atoms with van der Waals surface area (Å²) in [6.07, 6.45) is 3.07. The van der Waals surface area contributed by atoms with Gasteiger partial charge in [-0.2, -0.15) is 4.39 Å². The molecule has 1 saturated carbocycles. The van der Waals surface area contributed by atoms with E-state index in [-0.39, 0.29) is 5.56 Å². The Bertz CT molecular complexity index is 421. The van der Waals surface area contributed by atoms with Crippen LogP contribution in [0.4, 0.5) is 10.2 Å². The van der Waals surface area contributed by atoms with Gasteiger partial charge in [-0.25, -0.2) is 4.98 Å². The van der Waals surface area contributed by atoms with Gasteiger partial charge in [-0.05, 0) is 25.0 Å². The van der Waals surface area contributed by atoms with E-state index in [4.69, 9.17) is 0 Å². The summed E-state index contributed by atoms with van der Waals surface area (Å²) in [6.45, 7) is 1.97. The van der Waals surface area contributed by atoms with Crippen LogP contribution in [0.2, 0.25) is 0 Å². The molecular formula is C11H11FN2O. The first-order valence-electron chi connectivity index (χ1n) is 5.09. The van der Waals surface area contributed by atoms with Crippen LogP contribution >= 0.6 is 0 Å². The lowest BCUT2D eigenvalue weighted by Crippen LogP contribution is -2.48. The van der Waals surface area contributed by atoms with Crippen LogP contribution in [0, 0.1) is 11.4 Å². The molecule has 0 bridgehead atoms. The Morgan fingerprint density at radius 1 is 1.40 bits per heavy atom. The highest BCUT2D eigenvalue weighted by Crippen LogP contribution is 2.53. The van der Waals surface area contributed by atoms with Crippen LogP contribution in [0.1, 0.15) is 23.2 Å². The smallest absolute Gasteiger partial charge is 0.225 e. The van der Waals surface area contributed by atoms with Gasteiger partial charge in [-0.15, -0.1) is 0 Å².